The van der Waals surface area contributed by atoms with Crippen molar-refractivity contribution in [2.75, 3.05) is 13.2 Å². The molecule has 5 nitrogen and oxygen atoms in total. The van der Waals surface area contributed by atoms with Gasteiger partial charge in [-0.3, -0.25) is 9.59 Å². The Hall–Kier alpha value is -1.88. The van der Waals surface area contributed by atoms with Crippen LogP contribution in [-0.2, 0) is 19.1 Å². The molecular weight excluding hydrogens is 524 g/mol. The fraction of sp³-hybridized carbons (Fsp3) is 0.784. The van der Waals surface area contributed by atoms with Gasteiger partial charge in [0.05, 0.1) is 6.61 Å². The fourth-order valence-corrected chi connectivity index (χ4v) is 4.68. The number of carbonyl (C=O) groups excluding carboxylic acids is 2. The summed E-state index contributed by atoms with van der Waals surface area (Å²) in [6, 6.07) is 0. The Kier molecular flexibility index (Phi) is 32.1. The topological polar surface area (TPSA) is 72.8 Å². The maximum absolute atomic E-state index is 12.1. The van der Waals surface area contributed by atoms with Crippen LogP contribution in [0.15, 0.2) is 36.5 Å². The second-order valence-electron chi connectivity index (χ2n) is 11.6. The lowest BCUT2D eigenvalue weighted by molar-refractivity contribution is -0.161. The quantitative estimate of drug-likeness (QED) is 0.0494. The lowest BCUT2D eigenvalue weighted by Crippen LogP contribution is -2.28. The van der Waals surface area contributed by atoms with Crippen LogP contribution in [0.4, 0.5) is 0 Å². The van der Waals surface area contributed by atoms with E-state index in [1.165, 1.54) is 83.5 Å². The van der Waals surface area contributed by atoms with Crippen molar-refractivity contribution in [1.29, 1.82) is 0 Å². The highest BCUT2D eigenvalue weighted by atomic mass is 16.6. The first-order valence-corrected chi connectivity index (χ1v) is 17.5. The number of aliphatic hydroxyl groups is 1. The zero-order chi connectivity index (χ0) is 30.8. The molecule has 0 aliphatic rings. The number of hydrogen-bond donors (Lipinski definition) is 1. The average Bonchev–Trinajstić information content (AvgIpc) is 2.99. The summed E-state index contributed by atoms with van der Waals surface area (Å²) in [5.41, 5.74) is 0. The van der Waals surface area contributed by atoms with E-state index in [9.17, 15) is 14.7 Å². The molecule has 0 aromatic rings. The van der Waals surface area contributed by atoms with Crippen LogP contribution < -0.4 is 0 Å². The highest BCUT2D eigenvalue weighted by molar-refractivity contribution is 5.70. The normalized spacial score (nSPS) is 12.5. The Morgan fingerprint density at radius 2 is 0.976 bits per heavy atom. The molecule has 0 unspecified atom stereocenters. The van der Waals surface area contributed by atoms with Gasteiger partial charge in [0, 0.05) is 12.8 Å². The second-order valence-corrected chi connectivity index (χ2v) is 11.6. The molecule has 244 valence electrons. The number of rotatable bonds is 31. The first-order chi connectivity index (χ1) is 20.6. The van der Waals surface area contributed by atoms with E-state index in [2.05, 4.69) is 50.3 Å². The molecular formula is C37H66O5. The van der Waals surface area contributed by atoms with E-state index >= 15 is 0 Å². The van der Waals surface area contributed by atoms with Gasteiger partial charge in [0.1, 0.15) is 6.61 Å². The van der Waals surface area contributed by atoms with Crippen molar-refractivity contribution in [3.8, 4) is 0 Å². The SMILES string of the molecule is CCCC/C=C/CCCCCCCC(=O)OC[C@H](CO)OC(=O)CCCCCCCCC/C=C/C/C=C/CCCCC. The molecule has 0 fully saturated rings. The van der Waals surface area contributed by atoms with Crippen LogP contribution in [0, 0.1) is 0 Å². The number of hydrogen-bond acceptors (Lipinski definition) is 5. The molecule has 0 spiro atoms. The van der Waals surface area contributed by atoms with E-state index in [-0.39, 0.29) is 25.2 Å². The van der Waals surface area contributed by atoms with Gasteiger partial charge < -0.3 is 14.6 Å². The summed E-state index contributed by atoms with van der Waals surface area (Å²) in [5.74, 6) is -0.613. The van der Waals surface area contributed by atoms with Crippen LogP contribution >= 0.6 is 0 Å². The van der Waals surface area contributed by atoms with E-state index in [1.54, 1.807) is 0 Å². The van der Waals surface area contributed by atoms with E-state index in [0.717, 1.165) is 57.8 Å². The largest absolute Gasteiger partial charge is 0.462 e. The Bertz CT molecular complexity index is 682. The lowest BCUT2D eigenvalue weighted by Gasteiger charge is -2.15. The highest BCUT2D eigenvalue weighted by Crippen LogP contribution is 2.12. The minimum Gasteiger partial charge on any atom is -0.462 e. The predicted molar refractivity (Wildman–Crippen MR) is 178 cm³/mol. The van der Waals surface area contributed by atoms with Crippen LogP contribution in [-0.4, -0.2) is 36.4 Å². The van der Waals surface area contributed by atoms with Crippen LogP contribution in [0.1, 0.15) is 168 Å². The lowest BCUT2D eigenvalue weighted by atomic mass is 10.1. The number of ether oxygens (including phenoxy) is 2. The molecule has 1 atom stereocenters. The smallest absolute Gasteiger partial charge is 0.306 e. The van der Waals surface area contributed by atoms with Crippen LogP contribution in [0.3, 0.4) is 0 Å². The third-order valence-electron chi connectivity index (χ3n) is 7.41. The Labute approximate surface area is 259 Å². The van der Waals surface area contributed by atoms with Gasteiger partial charge in [-0.1, -0.05) is 127 Å². The molecule has 0 rings (SSSR count). The highest BCUT2D eigenvalue weighted by Gasteiger charge is 2.16. The molecule has 0 heterocycles. The third kappa shape index (κ3) is 31.1. The fourth-order valence-electron chi connectivity index (χ4n) is 4.68. The minimum absolute atomic E-state index is 0.0730. The standard InChI is InChI=1S/C37H66O5/c1-3-5-7-9-11-13-15-16-17-18-19-20-22-24-26-28-30-32-37(40)42-35(33-38)34-41-36(39)31-29-27-25-23-21-14-12-10-8-6-4-2/h10-13,16-17,35,38H,3-9,14-15,18-34H2,1-2H3/b12-10+,13-11+,17-16+/t35-/m0/s1. The summed E-state index contributed by atoms with van der Waals surface area (Å²) < 4.78 is 10.5. The predicted octanol–water partition coefficient (Wildman–Crippen LogP) is 10.5. The zero-order valence-corrected chi connectivity index (χ0v) is 27.5. The molecule has 0 bridgehead atoms. The number of esters is 2. The summed E-state index contributed by atoms with van der Waals surface area (Å²) in [7, 11) is 0. The molecule has 0 aliphatic heterocycles. The summed E-state index contributed by atoms with van der Waals surface area (Å²) >= 11 is 0. The molecule has 5 heteroatoms. The maximum atomic E-state index is 12.1. The number of carbonyl (C=O) groups is 2. The Balaban J connectivity index is 3.60. The molecule has 0 aliphatic carbocycles. The van der Waals surface area contributed by atoms with Gasteiger partial charge in [0.2, 0.25) is 0 Å². The van der Waals surface area contributed by atoms with Crippen LogP contribution in [0.25, 0.3) is 0 Å². The summed E-state index contributed by atoms with van der Waals surface area (Å²) in [6.45, 7) is 4.04. The van der Waals surface area contributed by atoms with E-state index in [0.29, 0.717) is 12.8 Å². The molecule has 0 radical (unpaired) electrons. The summed E-state index contributed by atoms with van der Waals surface area (Å²) in [4.78, 5) is 24.1. The molecule has 42 heavy (non-hydrogen) atoms. The monoisotopic (exact) mass is 590 g/mol. The third-order valence-corrected chi connectivity index (χ3v) is 7.41. The molecule has 0 amide bonds. The van der Waals surface area contributed by atoms with Crippen molar-refractivity contribution in [3.63, 3.8) is 0 Å². The minimum atomic E-state index is -0.775. The van der Waals surface area contributed by atoms with E-state index < -0.39 is 6.10 Å². The number of aliphatic hydroxyl groups excluding tert-OH is 1. The van der Waals surface area contributed by atoms with Crippen LogP contribution in [0.5, 0.6) is 0 Å². The van der Waals surface area contributed by atoms with E-state index in [1.807, 2.05) is 0 Å². The van der Waals surface area contributed by atoms with Crippen molar-refractivity contribution >= 4 is 11.9 Å². The van der Waals surface area contributed by atoms with Gasteiger partial charge in [-0.2, -0.15) is 0 Å². The van der Waals surface area contributed by atoms with Gasteiger partial charge >= 0.3 is 11.9 Å². The first kappa shape index (κ1) is 40.1. The van der Waals surface area contributed by atoms with Gasteiger partial charge in [0.15, 0.2) is 6.10 Å². The second kappa shape index (κ2) is 33.6. The molecule has 0 saturated carbocycles. The number of unbranched alkanes of at least 4 members (excludes halogenated alkanes) is 17. The van der Waals surface area contributed by atoms with Gasteiger partial charge in [0.25, 0.3) is 0 Å². The van der Waals surface area contributed by atoms with E-state index in [4.69, 9.17) is 9.47 Å². The van der Waals surface area contributed by atoms with Crippen molar-refractivity contribution in [3.05, 3.63) is 36.5 Å². The molecule has 0 saturated heterocycles. The molecule has 1 N–H and O–H groups in total. The van der Waals surface area contributed by atoms with Gasteiger partial charge in [-0.25, -0.2) is 0 Å². The summed E-state index contributed by atoms with van der Waals surface area (Å²) in [5, 5.41) is 9.50. The first-order valence-electron chi connectivity index (χ1n) is 17.5. The Morgan fingerprint density at radius 1 is 0.548 bits per heavy atom. The van der Waals surface area contributed by atoms with Crippen LogP contribution in [0.2, 0.25) is 0 Å². The van der Waals surface area contributed by atoms with Crippen molar-refractivity contribution in [2.45, 2.75) is 174 Å². The van der Waals surface area contributed by atoms with Crippen molar-refractivity contribution in [1.82, 2.24) is 0 Å². The molecule has 0 aromatic heterocycles. The number of allylic oxidation sites excluding steroid dienone is 6. The maximum Gasteiger partial charge on any atom is 0.306 e. The summed E-state index contributed by atoms with van der Waals surface area (Å²) in [6.07, 6.45) is 39.1. The van der Waals surface area contributed by atoms with Crippen molar-refractivity contribution in [2.24, 2.45) is 0 Å². The van der Waals surface area contributed by atoms with Gasteiger partial charge in [-0.05, 0) is 64.2 Å². The van der Waals surface area contributed by atoms with Gasteiger partial charge in [-0.15, -0.1) is 0 Å². The average molecular weight is 591 g/mol. The van der Waals surface area contributed by atoms with Crippen molar-refractivity contribution < 1.29 is 24.2 Å². The molecule has 0 aromatic carbocycles. The Morgan fingerprint density at radius 3 is 1.50 bits per heavy atom. The zero-order valence-electron chi connectivity index (χ0n) is 27.5.